The maximum absolute atomic E-state index is 9.98. The fourth-order valence-electron chi connectivity index (χ4n) is 0.286. The first-order chi connectivity index (χ1) is 4.54. The van der Waals surface area contributed by atoms with E-state index in [4.69, 9.17) is 9.90 Å². The molecule has 0 atom stereocenters. The molecule has 0 bridgehead atoms. The van der Waals surface area contributed by atoms with Crippen molar-refractivity contribution >= 4 is 12.3 Å². The first-order valence-electron chi connectivity index (χ1n) is 2.46. The summed E-state index contributed by atoms with van der Waals surface area (Å²) in [7, 11) is 0. The Bertz CT molecular complexity index is 140. The van der Waals surface area contributed by atoms with Crippen molar-refractivity contribution in [2.24, 2.45) is 0 Å². The molecular weight excluding hydrogens is 240 g/mol. The van der Waals surface area contributed by atoms with Crippen molar-refractivity contribution in [1.82, 2.24) is 0 Å². The molecule has 0 aliphatic rings. The van der Waals surface area contributed by atoms with E-state index in [9.17, 15) is 9.90 Å². The van der Waals surface area contributed by atoms with E-state index in [1.807, 2.05) is 0 Å². The summed E-state index contributed by atoms with van der Waals surface area (Å²) in [6, 6.07) is 0. The normalized spacial score (nSPS) is 7.67. The van der Waals surface area contributed by atoms with Gasteiger partial charge in [-0.2, -0.15) is 0 Å². The molecule has 0 saturated heterocycles. The number of hydrogen-bond donors (Lipinski definition) is 0. The Hall–Kier alpha value is -0.255. The molecule has 1 radical (unpaired) electrons. The van der Waals surface area contributed by atoms with Gasteiger partial charge in [0.15, 0.2) is 5.78 Å². The number of hydrogen-bond acceptors (Lipinski definition) is 4. The molecule has 0 aromatic heterocycles. The second-order valence-electron chi connectivity index (χ2n) is 1.46. The van der Waals surface area contributed by atoms with Crippen LogP contribution in [0.4, 0.5) is 0 Å². The first-order valence-corrected chi connectivity index (χ1v) is 2.46. The van der Waals surface area contributed by atoms with Crippen molar-refractivity contribution in [3.63, 3.8) is 0 Å². The van der Waals surface area contributed by atoms with Crippen LogP contribution in [0.3, 0.4) is 0 Å². The molecule has 65 valence electrons. The number of rotatable bonds is 1. The van der Waals surface area contributed by atoms with Crippen molar-refractivity contribution in [2.75, 3.05) is 0 Å². The van der Waals surface area contributed by atoms with Gasteiger partial charge in [-0.15, -0.1) is 5.76 Å². The summed E-state index contributed by atoms with van der Waals surface area (Å²) < 4.78 is 0. The van der Waals surface area contributed by atoms with Gasteiger partial charge in [0, 0.05) is 6.47 Å². The number of ketones is 1. The van der Waals surface area contributed by atoms with Crippen LogP contribution in [-0.2, 0) is 44.3 Å². The van der Waals surface area contributed by atoms with Gasteiger partial charge in [-0.05, 0) is 13.0 Å². The van der Waals surface area contributed by atoms with E-state index < -0.39 is 6.47 Å². The molecule has 0 aromatic rings. The monoisotopic (exact) mass is 248 g/mol. The zero-order valence-corrected chi connectivity index (χ0v) is 9.15. The summed E-state index contributed by atoms with van der Waals surface area (Å²) in [4.78, 5) is 18.2. The molecule has 0 N–H and O–H groups in total. The molecule has 0 amide bonds. The van der Waals surface area contributed by atoms with E-state index in [1.165, 1.54) is 13.8 Å². The Morgan fingerprint density at radius 3 is 1.58 bits per heavy atom. The van der Waals surface area contributed by atoms with Crippen molar-refractivity contribution in [2.45, 2.75) is 13.8 Å². The molecule has 0 heterocycles. The van der Waals surface area contributed by atoms with Gasteiger partial charge in [-0.25, -0.2) is 0 Å². The van der Waals surface area contributed by atoms with Crippen LogP contribution in [0.15, 0.2) is 11.8 Å². The summed E-state index contributed by atoms with van der Waals surface area (Å²) in [5.41, 5.74) is 0. The van der Waals surface area contributed by atoms with Gasteiger partial charge in [-0.1, -0.05) is 6.92 Å². The Labute approximate surface area is 92.5 Å². The molecular formula is C6H8Cr2O4+3. The van der Waals surface area contributed by atoms with Crippen LogP contribution < -0.4 is 10.2 Å². The molecule has 0 aliphatic carbocycles. The van der Waals surface area contributed by atoms with E-state index >= 15 is 0 Å². The maximum atomic E-state index is 9.98. The molecule has 0 spiro atoms. The summed E-state index contributed by atoms with van der Waals surface area (Å²) in [5, 5.41) is 18.2. The van der Waals surface area contributed by atoms with Gasteiger partial charge in [-0.3, -0.25) is 4.79 Å². The average Bonchev–Trinajstić information content (AvgIpc) is 1.62. The predicted octanol–water partition coefficient (Wildman–Crippen LogP) is -1.80. The number of carboxylic acid groups (broad SMARTS) is 1. The van der Waals surface area contributed by atoms with Gasteiger partial charge in [0.05, 0.1) is 0 Å². The number of carbonyl (C=O) groups is 2. The summed E-state index contributed by atoms with van der Waals surface area (Å²) in [5.74, 6) is -0.375. The molecule has 0 aromatic carbocycles. The van der Waals surface area contributed by atoms with Gasteiger partial charge in [0.1, 0.15) is 0 Å². The Kier molecular flexibility index (Phi) is 32.0. The topological polar surface area (TPSA) is 80.3 Å². The zero-order valence-electron chi connectivity index (χ0n) is 6.60. The smallest absolute Gasteiger partial charge is 0.876 e. The van der Waals surface area contributed by atoms with Gasteiger partial charge >= 0.3 is 34.7 Å². The second kappa shape index (κ2) is 17.0. The molecule has 6 heteroatoms. The van der Waals surface area contributed by atoms with Crippen molar-refractivity contribution in [3.05, 3.63) is 11.8 Å². The SMILES string of the molecule is CC(=O)/C=C(/C)[O-].O=C[O-].[Cr+2].[Cr+3]. The zero-order chi connectivity index (χ0) is 8.57. The first kappa shape index (κ1) is 22.6. The molecule has 0 fully saturated rings. The van der Waals surface area contributed by atoms with E-state index in [2.05, 4.69) is 0 Å². The Balaban J connectivity index is -0.0000000569. The van der Waals surface area contributed by atoms with Crippen LogP contribution in [0, 0.1) is 0 Å². The minimum absolute atomic E-state index is 0. The van der Waals surface area contributed by atoms with Crippen molar-refractivity contribution in [3.8, 4) is 0 Å². The quantitative estimate of drug-likeness (QED) is 0.311. The molecule has 0 aliphatic heterocycles. The van der Waals surface area contributed by atoms with Crippen molar-refractivity contribution in [1.29, 1.82) is 0 Å². The Morgan fingerprint density at radius 1 is 1.33 bits per heavy atom. The number of allylic oxidation sites excluding steroid dienone is 2. The average molecular weight is 248 g/mol. The molecule has 0 saturated carbocycles. The number of carbonyl (C=O) groups excluding carboxylic acids is 2. The van der Waals surface area contributed by atoms with Crippen LogP contribution in [0.1, 0.15) is 13.8 Å². The summed E-state index contributed by atoms with van der Waals surface area (Å²) in [6.07, 6.45) is 1.06. The van der Waals surface area contributed by atoms with Crippen LogP contribution >= 0.6 is 0 Å². The van der Waals surface area contributed by atoms with Crippen LogP contribution in [0.2, 0.25) is 0 Å². The Morgan fingerprint density at radius 2 is 1.58 bits per heavy atom. The van der Waals surface area contributed by atoms with Crippen LogP contribution in [0.25, 0.3) is 0 Å². The minimum atomic E-state index is -0.500. The van der Waals surface area contributed by atoms with Gasteiger partial charge in [0.2, 0.25) is 0 Å². The largest absolute Gasteiger partial charge is 3.00 e. The van der Waals surface area contributed by atoms with E-state index in [1.54, 1.807) is 0 Å². The van der Waals surface area contributed by atoms with Crippen LogP contribution in [0.5, 0.6) is 0 Å². The third-order valence-electron chi connectivity index (χ3n) is 0.407. The minimum Gasteiger partial charge on any atom is -0.876 e. The van der Waals surface area contributed by atoms with Gasteiger partial charge in [0.25, 0.3) is 0 Å². The molecule has 4 nitrogen and oxygen atoms in total. The summed E-state index contributed by atoms with van der Waals surface area (Å²) in [6.45, 7) is 2.20. The molecule has 0 unspecified atom stereocenters. The van der Waals surface area contributed by atoms with Crippen molar-refractivity contribution < 1.29 is 54.5 Å². The fourth-order valence-corrected chi connectivity index (χ4v) is 0.286. The summed E-state index contributed by atoms with van der Waals surface area (Å²) >= 11 is 0. The molecule has 12 heavy (non-hydrogen) atoms. The molecule has 0 rings (SSSR count). The van der Waals surface area contributed by atoms with Crippen LogP contribution in [-0.4, -0.2) is 12.3 Å². The van der Waals surface area contributed by atoms with E-state index in [0.29, 0.717) is 0 Å². The van der Waals surface area contributed by atoms with E-state index in [-0.39, 0.29) is 46.3 Å². The van der Waals surface area contributed by atoms with E-state index in [0.717, 1.165) is 6.08 Å². The maximum Gasteiger partial charge on any atom is 3.00 e. The fraction of sp³-hybridized carbons (Fsp3) is 0.333. The van der Waals surface area contributed by atoms with Gasteiger partial charge < -0.3 is 15.0 Å². The predicted molar refractivity (Wildman–Crippen MR) is 30.5 cm³/mol. The second-order valence-corrected chi connectivity index (χ2v) is 1.46. The standard InChI is InChI=1S/C5H8O2.CH2O2.2Cr/c1-4(6)3-5(2)7;2-1-3;;/h3,6H,1-2H3;1H,(H,2,3);;/q;;+2;+3/p-2/b4-3-;;;. The third kappa shape index (κ3) is 53.1. The third-order valence-corrected chi connectivity index (χ3v) is 0.407.